The molecule has 1 aliphatic rings. The zero-order valence-electron chi connectivity index (χ0n) is 13.5. The maximum absolute atomic E-state index is 12.7. The molecule has 128 valence electrons. The summed E-state index contributed by atoms with van der Waals surface area (Å²) in [6.45, 7) is 0.703. The second kappa shape index (κ2) is 6.71. The number of amides is 2. The summed E-state index contributed by atoms with van der Waals surface area (Å²) in [4.78, 5) is 18.7. The number of piperidine rings is 1. The third-order valence-corrected chi connectivity index (χ3v) is 4.32. The van der Waals surface area contributed by atoms with Crippen LogP contribution in [0.4, 0.5) is 10.5 Å². The maximum Gasteiger partial charge on any atom is 0.322 e. The number of nitrogens with one attached hydrogen (secondary N) is 2. The van der Waals surface area contributed by atoms with Gasteiger partial charge in [-0.25, -0.2) is 14.5 Å². The number of benzene rings is 1. The average Bonchev–Trinajstić information content (AvgIpc) is 3.36. The number of carbonyl (C=O) groups excluding carboxylic acids is 1. The molecule has 2 N–H and O–H groups in total. The van der Waals surface area contributed by atoms with Gasteiger partial charge in [0.15, 0.2) is 0 Å². The average molecular weight is 338 g/mol. The smallest absolute Gasteiger partial charge is 0.314 e. The van der Waals surface area contributed by atoms with Gasteiger partial charge in [-0.1, -0.05) is 5.21 Å². The Labute approximate surface area is 144 Å². The fraction of sp³-hybridized carbons (Fsp3) is 0.312. The fourth-order valence-electron chi connectivity index (χ4n) is 3.07. The van der Waals surface area contributed by atoms with Crippen LogP contribution in [0.5, 0.6) is 0 Å². The molecule has 2 amide bonds. The lowest BCUT2D eigenvalue weighted by atomic mass is 10.0. The molecule has 0 bridgehead atoms. The van der Waals surface area contributed by atoms with Crippen molar-refractivity contribution in [3.8, 4) is 5.69 Å². The minimum atomic E-state index is -0.130. The highest BCUT2D eigenvalue weighted by Gasteiger charge is 2.29. The highest BCUT2D eigenvalue weighted by atomic mass is 16.2. The van der Waals surface area contributed by atoms with Crippen LogP contribution in [0.3, 0.4) is 0 Å². The lowest BCUT2D eigenvalue weighted by Crippen LogP contribution is -2.41. The van der Waals surface area contributed by atoms with Crippen molar-refractivity contribution in [2.24, 2.45) is 0 Å². The minimum Gasteiger partial charge on any atom is -0.314 e. The number of hydrogen-bond donors (Lipinski definition) is 2. The molecule has 9 nitrogen and oxygen atoms in total. The van der Waals surface area contributed by atoms with E-state index in [0.717, 1.165) is 36.5 Å². The van der Waals surface area contributed by atoms with Crippen molar-refractivity contribution >= 4 is 11.7 Å². The van der Waals surface area contributed by atoms with E-state index >= 15 is 0 Å². The van der Waals surface area contributed by atoms with Crippen LogP contribution in [-0.2, 0) is 0 Å². The highest BCUT2D eigenvalue weighted by Crippen LogP contribution is 2.29. The molecule has 3 aromatic rings. The molecule has 1 saturated heterocycles. The molecule has 25 heavy (non-hydrogen) atoms. The number of urea groups is 1. The highest BCUT2D eigenvalue weighted by molar-refractivity contribution is 5.89. The summed E-state index contributed by atoms with van der Waals surface area (Å²) in [5.74, 6) is 0.733. The van der Waals surface area contributed by atoms with Gasteiger partial charge in [0.05, 0.1) is 24.1 Å². The Kier molecular flexibility index (Phi) is 4.11. The van der Waals surface area contributed by atoms with E-state index in [0.29, 0.717) is 6.54 Å². The van der Waals surface area contributed by atoms with Crippen LogP contribution in [0.1, 0.15) is 31.1 Å². The van der Waals surface area contributed by atoms with Crippen LogP contribution < -0.4 is 5.32 Å². The molecule has 2 aromatic heterocycles. The maximum atomic E-state index is 12.7. The monoisotopic (exact) mass is 338 g/mol. The van der Waals surface area contributed by atoms with Gasteiger partial charge in [0, 0.05) is 12.2 Å². The summed E-state index contributed by atoms with van der Waals surface area (Å²) in [6, 6.07) is 7.27. The summed E-state index contributed by atoms with van der Waals surface area (Å²) in [5, 5.41) is 17.5. The number of hydrogen-bond acceptors (Lipinski definition) is 5. The fourth-order valence-corrected chi connectivity index (χ4v) is 3.07. The van der Waals surface area contributed by atoms with Crippen molar-refractivity contribution in [3.63, 3.8) is 0 Å². The molecule has 0 aliphatic carbocycles. The van der Waals surface area contributed by atoms with E-state index in [1.54, 1.807) is 17.1 Å². The zero-order valence-corrected chi connectivity index (χ0v) is 13.5. The third-order valence-electron chi connectivity index (χ3n) is 4.32. The quantitative estimate of drug-likeness (QED) is 0.761. The Hall–Kier alpha value is -3.23. The van der Waals surface area contributed by atoms with Gasteiger partial charge in [0.25, 0.3) is 0 Å². The van der Waals surface area contributed by atoms with Gasteiger partial charge in [-0.3, -0.25) is 5.10 Å². The largest absolute Gasteiger partial charge is 0.322 e. The molecule has 0 spiro atoms. The van der Waals surface area contributed by atoms with Crippen LogP contribution in [-0.4, -0.2) is 47.7 Å². The molecule has 3 heterocycles. The number of nitrogens with zero attached hydrogens (tertiary/aromatic N) is 6. The summed E-state index contributed by atoms with van der Waals surface area (Å²) >= 11 is 0. The van der Waals surface area contributed by atoms with Gasteiger partial charge in [-0.15, -0.1) is 5.10 Å². The molecule has 9 heteroatoms. The minimum absolute atomic E-state index is 0.0642. The predicted molar refractivity (Wildman–Crippen MR) is 90.1 cm³/mol. The summed E-state index contributed by atoms with van der Waals surface area (Å²) in [5.41, 5.74) is 1.61. The van der Waals surface area contributed by atoms with Gasteiger partial charge in [0.2, 0.25) is 0 Å². The van der Waals surface area contributed by atoms with Crippen molar-refractivity contribution in [1.82, 2.24) is 35.1 Å². The van der Waals surface area contributed by atoms with Gasteiger partial charge < -0.3 is 10.2 Å². The number of anilines is 1. The van der Waals surface area contributed by atoms with Gasteiger partial charge in [0.1, 0.15) is 12.2 Å². The van der Waals surface area contributed by atoms with Crippen molar-refractivity contribution in [2.75, 3.05) is 11.9 Å². The third kappa shape index (κ3) is 3.21. The lowest BCUT2D eigenvalue weighted by Gasteiger charge is -2.34. The molecule has 1 fully saturated rings. The first kappa shape index (κ1) is 15.3. The molecule has 0 saturated carbocycles. The van der Waals surface area contributed by atoms with Crippen LogP contribution in [0.15, 0.2) is 43.0 Å². The lowest BCUT2D eigenvalue weighted by molar-refractivity contribution is 0.159. The van der Waals surface area contributed by atoms with E-state index < -0.39 is 0 Å². The van der Waals surface area contributed by atoms with Gasteiger partial charge >= 0.3 is 6.03 Å². The molecule has 0 unspecified atom stereocenters. The van der Waals surface area contributed by atoms with Crippen molar-refractivity contribution in [3.05, 3.63) is 48.8 Å². The number of carbonyl (C=O) groups is 1. The van der Waals surface area contributed by atoms with Gasteiger partial charge in [-0.05, 0) is 43.5 Å². The van der Waals surface area contributed by atoms with E-state index in [-0.39, 0.29) is 12.1 Å². The predicted octanol–water partition coefficient (Wildman–Crippen LogP) is 2.14. The number of aromatic nitrogens is 6. The van der Waals surface area contributed by atoms with E-state index in [1.807, 2.05) is 29.2 Å². The van der Waals surface area contributed by atoms with Gasteiger partial charge in [-0.2, -0.15) is 5.10 Å². The second-order valence-electron chi connectivity index (χ2n) is 5.90. The number of aromatic amines is 1. The SMILES string of the molecule is O=C(Nc1ccc(-n2ccnn2)cc1)N1CCCC[C@H]1c1ncn[nH]1. The molecule has 1 aromatic carbocycles. The normalized spacial score (nSPS) is 17.4. The van der Waals surface area contributed by atoms with Crippen molar-refractivity contribution in [1.29, 1.82) is 0 Å². The Morgan fingerprint density at radius 2 is 2.12 bits per heavy atom. The first-order chi connectivity index (χ1) is 12.3. The van der Waals surface area contributed by atoms with Crippen LogP contribution >= 0.6 is 0 Å². The summed E-state index contributed by atoms with van der Waals surface area (Å²) in [6.07, 6.45) is 7.81. The molecule has 1 atom stereocenters. The Morgan fingerprint density at radius 3 is 2.84 bits per heavy atom. The van der Waals surface area contributed by atoms with E-state index in [4.69, 9.17) is 0 Å². The standard InChI is InChI=1S/C16H18N8O/c25-16(23-9-2-1-3-14(23)15-17-11-19-21-15)20-12-4-6-13(7-5-12)24-10-8-18-22-24/h4-8,10-11,14H,1-3,9H2,(H,20,25)(H,17,19,21)/t14-/m0/s1. The van der Waals surface area contributed by atoms with Crippen molar-refractivity contribution in [2.45, 2.75) is 25.3 Å². The number of likely N-dealkylation sites (tertiary alicyclic amines) is 1. The number of H-pyrrole nitrogens is 1. The summed E-state index contributed by atoms with van der Waals surface area (Å²) < 4.78 is 1.66. The van der Waals surface area contributed by atoms with E-state index in [9.17, 15) is 4.79 Å². The molecular weight excluding hydrogens is 320 g/mol. The molecular formula is C16H18N8O. The Bertz CT molecular complexity index is 812. The van der Waals surface area contributed by atoms with Crippen LogP contribution in [0, 0.1) is 0 Å². The molecule has 0 radical (unpaired) electrons. The first-order valence-electron chi connectivity index (χ1n) is 8.21. The van der Waals surface area contributed by atoms with E-state index in [2.05, 4.69) is 30.8 Å². The van der Waals surface area contributed by atoms with Crippen molar-refractivity contribution < 1.29 is 4.79 Å². The Morgan fingerprint density at radius 1 is 1.24 bits per heavy atom. The summed E-state index contributed by atoms with van der Waals surface area (Å²) in [7, 11) is 0. The zero-order chi connectivity index (χ0) is 17.1. The van der Waals surface area contributed by atoms with E-state index in [1.165, 1.54) is 6.33 Å². The second-order valence-corrected chi connectivity index (χ2v) is 5.90. The molecule has 4 rings (SSSR count). The van der Waals surface area contributed by atoms with Crippen LogP contribution in [0.25, 0.3) is 5.69 Å². The topological polar surface area (TPSA) is 105 Å². The first-order valence-corrected chi connectivity index (χ1v) is 8.21. The van der Waals surface area contributed by atoms with Crippen LogP contribution in [0.2, 0.25) is 0 Å². The number of rotatable bonds is 3. The molecule has 1 aliphatic heterocycles. The Balaban J connectivity index is 1.47.